The molecular formula is C34H44N2O6. The van der Waals surface area contributed by atoms with Crippen molar-refractivity contribution < 1.29 is 28.7 Å². The fourth-order valence-corrected chi connectivity index (χ4v) is 5.32. The van der Waals surface area contributed by atoms with E-state index in [2.05, 4.69) is 20.1 Å². The van der Waals surface area contributed by atoms with E-state index in [-0.39, 0.29) is 29.6 Å². The maximum atomic E-state index is 12.2. The molecule has 2 saturated carbocycles. The second-order valence-corrected chi connectivity index (χ2v) is 10.9. The highest BCUT2D eigenvalue weighted by Crippen LogP contribution is 2.26. The lowest BCUT2D eigenvalue weighted by Crippen LogP contribution is -2.24. The molecule has 2 aromatic carbocycles. The summed E-state index contributed by atoms with van der Waals surface area (Å²) < 4.78 is 9.19. The van der Waals surface area contributed by atoms with Crippen LogP contribution in [0.15, 0.2) is 54.6 Å². The normalized spacial score (nSPS) is 15.7. The van der Waals surface area contributed by atoms with Gasteiger partial charge in [-0.05, 0) is 73.6 Å². The molecule has 0 aromatic heterocycles. The Kier molecular flexibility index (Phi) is 13.8. The van der Waals surface area contributed by atoms with Crippen molar-refractivity contribution in [2.45, 2.75) is 77.0 Å². The lowest BCUT2D eigenvalue weighted by Gasteiger charge is -2.20. The van der Waals surface area contributed by atoms with Crippen molar-refractivity contribution in [2.24, 2.45) is 11.8 Å². The number of hydrogen-bond acceptors (Lipinski definition) is 6. The summed E-state index contributed by atoms with van der Waals surface area (Å²) in [6.07, 6.45) is 15.0. The summed E-state index contributed by atoms with van der Waals surface area (Å²) in [6.45, 7) is 0. The van der Waals surface area contributed by atoms with Gasteiger partial charge in [0.25, 0.3) is 0 Å². The number of ether oxygens (including phenoxy) is 2. The monoisotopic (exact) mass is 576 g/mol. The molecule has 2 amide bonds. The highest BCUT2D eigenvalue weighted by molar-refractivity contribution is 5.93. The highest BCUT2D eigenvalue weighted by atomic mass is 16.5. The summed E-state index contributed by atoms with van der Waals surface area (Å²) in [5.74, 6) is -0.104. The van der Waals surface area contributed by atoms with Crippen molar-refractivity contribution in [3.8, 4) is 0 Å². The number of hydrogen-bond donors (Lipinski definition) is 2. The Morgan fingerprint density at radius 3 is 1.83 bits per heavy atom. The second-order valence-electron chi connectivity index (χ2n) is 10.9. The van der Waals surface area contributed by atoms with Gasteiger partial charge in [0.15, 0.2) is 0 Å². The number of carbonyl (C=O) groups is 4. The molecule has 42 heavy (non-hydrogen) atoms. The van der Waals surface area contributed by atoms with Gasteiger partial charge in [-0.3, -0.25) is 14.4 Å². The predicted octanol–water partition coefficient (Wildman–Crippen LogP) is 6.70. The van der Waals surface area contributed by atoms with Crippen molar-refractivity contribution in [2.75, 3.05) is 24.9 Å². The molecule has 2 aromatic rings. The Hall–Kier alpha value is -3.94. The number of aryl methyl sites for hydroxylation is 1. The first-order valence-corrected chi connectivity index (χ1v) is 15.0. The molecule has 0 saturated heterocycles. The van der Waals surface area contributed by atoms with E-state index in [4.69, 9.17) is 0 Å². The smallest absolute Gasteiger partial charge is 0.330 e. The molecule has 0 unspecified atom stereocenters. The zero-order valence-corrected chi connectivity index (χ0v) is 24.9. The number of anilines is 2. The number of methoxy groups -OCH3 is 2. The third-order valence-corrected chi connectivity index (χ3v) is 7.76. The molecule has 8 heteroatoms. The summed E-state index contributed by atoms with van der Waals surface area (Å²) in [5.41, 5.74) is 3.45. The van der Waals surface area contributed by atoms with Gasteiger partial charge in [0.1, 0.15) is 0 Å². The van der Waals surface area contributed by atoms with E-state index in [0.717, 1.165) is 73.9 Å². The van der Waals surface area contributed by atoms with Crippen molar-refractivity contribution in [1.82, 2.24) is 0 Å². The van der Waals surface area contributed by atoms with Crippen LogP contribution >= 0.6 is 0 Å². The zero-order chi connectivity index (χ0) is 30.2. The van der Waals surface area contributed by atoms with Gasteiger partial charge in [0.2, 0.25) is 11.8 Å². The van der Waals surface area contributed by atoms with Crippen LogP contribution in [-0.4, -0.2) is 38.0 Å². The molecule has 8 nitrogen and oxygen atoms in total. The molecular weight excluding hydrogens is 532 g/mol. The highest BCUT2D eigenvalue weighted by Gasteiger charge is 2.22. The molecule has 4 rings (SSSR count). The minimum atomic E-state index is -0.397. The lowest BCUT2D eigenvalue weighted by molar-refractivity contribution is -0.140. The van der Waals surface area contributed by atoms with Gasteiger partial charge in [-0.2, -0.15) is 0 Å². The topological polar surface area (TPSA) is 111 Å². The molecule has 0 atom stereocenters. The van der Waals surface area contributed by atoms with E-state index in [1.54, 1.807) is 6.08 Å². The van der Waals surface area contributed by atoms with Crippen LogP contribution in [0.1, 0.15) is 81.8 Å². The number of esters is 2. The van der Waals surface area contributed by atoms with Crippen LogP contribution in [0.3, 0.4) is 0 Å². The van der Waals surface area contributed by atoms with Crippen molar-refractivity contribution in [3.05, 3.63) is 65.7 Å². The number of benzene rings is 2. The fourth-order valence-electron chi connectivity index (χ4n) is 5.32. The van der Waals surface area contributed by atoms with Gasteiger partial charge in [-0.25, -0.2) is 4.79 Å². The Labute approximate surface area is 249 Å². The molecule has 2 fully saturated rings. The van der Waals surface area contributed by atoms with Crippen LogP contribution in [0.25, 0.3) is 6.08 Å². The van der Waals surface area contributed by atoms with Crippen LogP contribution in [0.5, 0.6) is 0 Å². The van der Waals surface area contributed by atoms with Gasteiger partial charge in [0.05, 0.1) is 14.2 Å². The van der Waals surface area contributed by atoms with E-state index in [9.17, 15) is 19.2 Å². The van der Waals surface area contributed by atoms with Gasteiger partial charge in [-0.15, -0.1) is 0 Å². The second kappa shape index (κ2) is 17.8. The largest absolute Gasteiger partial charge is 0.469 e. The van der Waals surface area contributed by atoms with Crippen molar-refractivity contribution in [1.29, 1.82) is 0 Å². The Balaban J connectivity index is 0.000000230. The number of rotatable bonds is 9. The van der Waals surface area contributed by atoms with E-state index in [1.807, 2.05) is 48.5 Å². The molecule has 2 aliphatic carbocycles. The molecule has 0 radical (unpaired) electrons. The van der Waals surface area contributed by atoms with E-state index in [1.165, 1.54) is 33.1 Å². The molecule has 0 heterocycles. The van der Waals surface area contributed by atoms with Crippen molar-refractivity contribution in [3.63, 3.8) is 0 Å². The molecule has 0 bridgehead atoms. The predicted molar refractivity (Wildman–Crippen MR) is 165 cm³/mol. The number of nitrogens with one attached hydrogen (secondary N) is 2. The number of carbonyl (C=O) groups excluding carboxylic acids is 4. The van der Waals surface area contributed by atoms with Gasteiger partial charge in [0, 0.05) is 35.7 Å². The van der Waals surface area contributed by atoms with Crippen LogP contribution in [0.2, 0.25) is 0 Å². The maximum absolute atomic E-state index is 12.2. The first-order valence-electron chi connectivity index (χ1n) is 15.0. The molecule has 2 aliphatic rings. The van der Waals surface area contributed by atoms with Gasteiger partial charge < -0.3 is 20.1 Å². The standard InChI is InChI=1S/C17H23NO3.C17H21NO3/c2*1-21-16(19)11-10-13-6-5-9-15(12-13)18-17(20)14-7-3-2-4-8-14/h5-6,9,12,14H,2-4,7-8,10-11H2,1H3,(H,18,20);5-6,9-12,14H,2-4,7-8H2,1H3,(H,18,20)/b;11-10+. The summed E-state index contributed by atoms with van der Waals surface area (Å²) in [6, 6.07) is 15.1. The molecule has 0 spiro atoms. The van der Waals surface area contributed by atoms with E-state index < -0.39 is 5.97 Å². The van der Waals surface area contributed by atoms with Gasteiger partial charge >= 0.3 is 11.9 Å². The van der Waals surface area contributed by atoms with Crippen LogP contribution in [0.4, 0.5) is 11.4 Å². The van der Waals surface area contributed by atoms with Crippen LogP contribution in [0, 0.1) is 11.8 Å². The third-order valence-electron chi connectivity index (χ3n) is 7.76. The summed E-state index contributed by atoms with van der Waals surface area (Å²) >= 11 is 0. The zero-order valence-electron chi connectivity index (χ0n) is 24.9. The Morgan fingerprint density at radius 2 is 1.29 bits per heavy atom. The lowest BCUT2D eigenvalue weighted by atomic mass is 9.88. The quantitative estimate of drug-likeness (QED) is 0.254. The molecule has 0 aliphatic heterocycles. The van der Waals surface area contributed by atoms with Crippen LogP contribution in [-0.2, 0) is 35.1 Å². The molecule has 226 valence electrons. The first-order chi connectivity index (χ1) is 20.4. The maximum Gasteiger partial charge on any atom is 0.330 e. The first kappa shape index (κ1) is 32.6. The van der Waals surface area contributed by atoms with Gasteiger partial charge in [-0.1, -0.05) is 62.8 Å². The molecule has 2 N–H and O–H groups in total. The number of amides is 2. The summed E-state index contributed by atoms with van der Waals surface area (Å²) in [7, 11) is 2.73. The average molecular weight is 577 g/mol. The fraction of sp³-hybridized carbons (Fsp3) is 0.471. The van der Waals surface area contributed by atoms with Crippen molar-refractivity contribution >= 4 is 41.2 Å². The SMILES string of the molecule is COC(=O)/C=C/c1cccc(NC(=O)C2CCCCC2)c1.COC(=O)CCc1cccc(NC(=O)C2CCCCC2)c1. The summed E-state index contributed by atoms with van der Waals surface area (Å²) in [5, 5.41) is 5.96. The van der Waals surface area contributed by atoms with E-state index >= 15 is 0 Å². The van der Waals surface area contributed by atoms with Crippen LogP contribution < -0.4 is 10.6 Å². The third kappa shape index (κ3) is 11.5. The minimum absolute atomic E-state index is 0.101. The van der Waals surface area contributed by atoms with E-state index in [0.29, 0.717) is 12.8 Å². The Morgan fingerprint density at radius 1 is 0.738 bits per heavy atom. The minimum Gasteiger partial charge on any atom is -0.469 e. The summed E-state index contributed by atoms with van der Waals surface area (Å²) in [4.78, 5) is 46.6. The average Bonchev–Trinajstić information content (AvgIpc) is 3.04. The Bertz CT molecular complexity index is 1210.